The zero-order chi connectivity index (χ0) is 20.0. The van der Waals surface area contributed by atoms with Gasteiger partial charge >= 0.3 is 13.1 Å². The second kappa shape index (κ2) is 9.18. The van der Waals surface area contributed by atoms with Crippen LogP contribution in [0.15, 0.2) is 48.5 Å². The molecule has 1 amide bonds. The molecule has 27 heavy (non-hydrogen) atoms. The number of nitrogens with two attached hydrogens (primary N) is 1. The molecule has 0 aliphatic carbocycles. The van der Waals surface area contributed by atoms with Crippen LogP contribution < -0.4 is 16.5 Å². The van der Waals surface area contributed by atoms with Crippen LogP contribution >= 0.6 is 0 Å². The van der Waals surface area contributed by atoms with Crippen LogP contribution in [0.5, 0.6) is 5.75 Å². The molecule has 142 valence electrons. The minimum Gasteiger partial charge on any atom is -0.508 e. The van der Waals surface area contributed by atoms with E-state index in [-0.39, 0.29) is 18.6 Å². The van der Waals surface area contributed by atoms with Crippen LogP contribution in [-0.4, -0.2) is 51.3 Å². The lowest BCUT2D eigenvalue weighted by Crippen LogP contribution is -2.50. The van der Waals surface area contributed by atoms with Gasteiger partial charge in [0.2, 0.25) is 5.91 Å². The molecular formula is C18H21BN2O6. The molecule has 0 bridgehead atoms. The van der Waals surface area contributed by atoms with Crippen molar-refractivity contribution in [3.8, 4) is 5.75 Å². The van der Waals surface area contributed by atoms with Crippen LogP contribution in [0.2, 0.25) is 0 Å². The molecule has 9 heteroatoms. The Bertz CT molecular complexity index is 779. The molecular weight excluding hydrogens is 351 g/mol. The van der Waals surface area contributed by atoms with Crippen molar-refractivity contribution >= 4 is 24.5 Å². The Balaban J connectivity index is 1.97. The van der Waals surface area contributed by atoms with Gasteiger partial charge in [-0.05, 0) is 35.1 Å². The zero-order valence-corrected chi connectivity index (χ0v) is 14.4. The van der Waals surface area contributed by atoms with Crippen molar-refractivity contribution in [1.29, 1.82) is 0 Å². The maximum atomic E-state index is 12.3. The van der Waals surface area contributed by atoms with E-state index in [9.17, 15) is 19.8 Å². The van der Waals surface area contributed by atoms with Gasteiger partial charge in [-0.25, -0.2) is 4.79 Å². The average Bonchev–Trinajstić information content (AvgIpc) is 2.63. The SMILES string of the molecule is N[C@@H](Cc1ccc(B(O)O)cc1)C(=O)N[C@@H](Cc1ccc(O)cc1)C(=O)O. The van der Waals surface area contributed by atoms with E-state index in [1.54, 1.807) is 24.3 Å². The largest absolute Gasteiger partial charge is 0.508 e. The second-order valence-electron chi connectivity index (χ2n) is 6.20. The maximum absolute atomic E-state index is 12.3. The highest BCUT2D eigenvalue weighted by Gasteiger charge is 2.24. The van der Waals surface area contributed by atoms with E-state index >= 15 is 0 Å². The van der Waals surface area contributed by atoms with Gasteiger partial charge in [-0.2, -0.15) is 0 Å². The van der Waals surface area contributed by atoms with E-state index in [4.69, 9.17) is 15.8 Å². The van der Waals surface area contributed by atoms with Gasteiger partial charge in [-0.1, -0.05) is 36.4 Å². The number of carbonyl (C=O) groups is 2. The predicted molar refractivity (Wildman–Crippen MR) is 99.3 cm³/mol. The van der Waals surface area contributed by atoms with E-state index < -0.39 is 31.1 Å². The Morgan fingerprint density at radius 2 is 1.48 bits per heavy atom. The smallest absolute Gasteiger partial charge is 0.488 e. The normalized spacial score (nSPS) is 12.9. The highest BCUT2D eigenvalue weighted by molar-refractivity contribution is 6.58. The molecule has 0 spiro atoms. The Kier molecular flexibility index (Phi) is 6.94. The summed E-state index contributed by atoms with van der Waals surface area (Å²) in [5.74, 6) is -1.73. The van der Waals surface area contributed by atoms with Crippen molar-refractivity contribution in [1.82, 2.24) is 5.32 Å². The molecule has 8 nitrogen and oxygen atoms in total. The highest BCUT2D eigenvalue weighted by Crippen LogP contribution is 2.11. The number of carboxylic acid groups (broad SMARTS) is 1. The van der Waals surface area contributed by atoms with Gasteiger partial charge in [0.1, 0.15) is 11.8 Å². The number of phenols is 1. The summed E-state index contributed by atoms with van der Waals surface area (Å²) in [6.07, 6.45) is 0.219. The summed E-state index contributed by atoms with van der Waals surface area (Å²) in [6.45, 7) is 0. The summed E-state index contributed by atoms with van der Waals surface area (Å²) in [5, 5.41) is 39.2. The molecule has 0 aliphatic rings. The van der Waals surface area contributed by atoms with E-state index in [1.807, 2.05) is 0 Å². The topological polar surface area (TPSA) is 153 Å². The summed E-state index contributed by atoms with van der Waals surface area (Å²) in [7, 11) is -1.58. The van der Waals surface area contributed by atoms with Gasteiger partial charge in [0.25, 0.3) is 0 Å². The zero-order valence-electron chi connectivity index (χ0n) is 14.4. The van der Waals surface area contributed by atoms with Crippen molar-refractivity contribution in [2.75, 3.05) is 0 Å². The van der Waals surface area contributed by atoms with Crippen LogP contribution in [0.4, 0.5) is 0 Å². The number of nitrogens with one attached hydrogen (secondary N) is 1. The average molecular weight is 372 g/mol. The van der Waals surface area contributed by atoms with E-state index in [2.05, 4.69) is 5.32 Å². The monoisotopic (exact) mass is 372 g/mol. The molecule has 0 saturated carbocycles. The number of amides is 1. The number of hydrogen-bond donors (Lipinski definition) is 6. The fourth-order valence-corrected chi connectivity index (χ4v) is 2.52. The van der Waals surface area contributed by atoms with Crippen LogP contribution in [0.25, 0.3) is 0 Å². The van der Waals surface area contributed by atoms with Crippen LogP contribution in [0.3, 0.4) is 0 Å². The molecule has 2 rings (SSSR count). The van der Waals surface area contributed by atoms with Gasteiger partial charge in [0, 0.05) is 6.42 Å². The van der Waals surface area contributed by atoms with Crippen LogP contribution in [0, 0.1) is 0 Å². The summed E-state index contributed by atoms with van der Waals surface area (Å²) in [4.78, 5) is 23.7. The number of aliphatic carboxylic acids is 1. The maximum Gasteiger partial charge on any atom is 0.488 e. The number of hydrogen-bond acceptors (Lipinski definition) is 6. The minimum atomic E-state index is -1.58. The fourth-order valence-electron chi connectivity index (χ4n) is 2.52. The molecule has 0 fully saturated rings. The molecule has 0 aliphatic heterocycles. The van der Waals surface area contributed by atoms with Crippen LogP contribution in [-0.2, 0) is 22.4 Å². The molecule has 0 heterocycles. The lowest BCUT2D eigenvalue weighted by atomic mass is 9.80. The molecule has 0 radical (unpaired) electrons. The first kappa shape index (κ1) is 20.4. The van der Waals surface area contributed by atoms with Crippen molar-refractivity contribution in [2.45, 2.75) is 24.9 Å². The number of carbonyl (C=O) groups excluding carboxylic acids is 1. The van der Waals surface area contributed by atoms with Gasteiger partial charge in [-0.3, -0.25) is 4.79 Å². The number of phenolic OH excluding ortho intramolecular Hbond substituents is 1. The molecule has 0 saturated heterocycles. The van der Waals surface area contributed by atoms with Gasteiger partial charge in [0.15, 0.2) is 0 Å². The highest BCUT2D eigenvalue weighted by atomic mass is 16.4. The summed E-state index contributed by atoms with van der Waals surface area (Å²) in [6, 6.07) is 10.2. The third kappa shape index (κ3) is 6.10. The van der Waals surface area contributed by atoms with E-state index in [1.165, 1.54) is 24.3 Å². The molecule has 2 aromatic rings. The molecule has 0 aromatic heterocycles. The lowest BCUT2D eigenvalue weighted by Gasteiger charge is -2.18. The summed E-state index contributed by atoms with van der Waals surface area (Å²) < 4.78 is 0. The molecule has 7 N–H and O–H groups in total. The lowest BCUT2D eigenvalue weighted by molar-refractivity contribution is -0.141. The van der Waals surface area contributed by atoms with Gasteiger partial charge in [0.05, 0.1) is 6.04 Å². The molecule has 2 atom stereocenters. The summed E-state index contributed by atoms with van der Waals surface area (Å²) >= 11 is 0. The van der Waals surface area contributed by atoms with Crippen LogP contribution in [0.1, 0.15) is 11.1 Å². The predicted octanol–water partition coefficient (Wildman–Crippen LogP) is -1.25. The Hall–Kier alpha value is -2.88. The Morgan fingerprint density at radius 3 is 2.00 bits per heavy atom. The summed E-state index contributed by atoms with van der Waals surface area (Å²) in [5.41, 5.74) is 7.54. The van der Waals surface area contributed by atoms with Gasteiger partial charge < -0.3 is 31.3 Å². The third-order valence-electron chi connectivity index (χ3n) is 4.06. The quantitative estimate of drug-likeness (QED) is 0.317. The second-order valence-corrected chi connectivity index (χ2v) is 6.20. The van der Waals surface area contributed by atoms with Crippen molar-refractivity contribution < 1.29 is 29.9 Å². The molecule has 2 aromatic carbocycles. The van der Waals surface area contributed by atoms with Gasteiger partial charge in [-0.15, -0.1) is 0 Å². The van der Waals surface area contributed by atoms with Crippen molar-refractivity contribution in [3.63, 3.8) is 0 Å². The Labute approximate surface area is 156 Å². The number of rotatable bonds is 8. The first-order chi connectivity index (χ1) is 12.8. The first-order valence-electron chi connectivity index (χ1n) is 8.28. The third-order valence-corrected chi connectivity index (χ3v) is 4.06. The van der Waals surface area contributed by atoms with Crippen molar-refractivity contribution in [2.24, 2.45) is 5.73 Å². The minimum absolute atomic E-state index is 0.0527. The number of carboxylic acids is 1. The van der Waals surface area contributed by atoms with Crippen molar-refractivity contribution in [3.05, 3.63) is 59.7 Å². The Morgan fingerprint density at radius 1 is 0.963 bits per heavy atom. The molecule has 0 unspecified atom stereocenters. The van der Waals surface area contributed by atoms with E-state index in [0.29, 0.717) is 16.6 Å². The first-order valence-corrected chi connectivity index (χ1v) is 8.28. The standard InChI is InChI=1S/C18H21BN2O6/c20-15(9-11-1-5-13(6-2-11)19(26)27)17(23)21-16(18(24)25)10-12-3-7-14(22)8-4-12/h1-8,15-16,22,26-27H,9-10,20H2,(H,21,23)(H,24,25)/t15-,16-/m0/s1. The van der Waals surface area contributed by atoms with E-state index in [0.717, 1.165) is 0 Å². The number of benzene rings is 2. The number of aromatic hydroxyl groups is 1. The fraction of sp³-hybridized carbons (Fsp3) is 0.222.